The largest absolute Gasteiger partial charge is 0.329 e. The topological polar surface area (TPSA) is 41.8 Å². The molecule has 25 heavy (non-hydrogen) atoms. The van der Waals surface area contributed by atoms with E-state index >= 15 is 0 Å². The van der Waals surface area contributed by atoms with Gasteiger partial charge in [0.25, 0.3) is 0 Å². The minimum atomic E-state index is -3.38. The Balaban J connectivity index is 1.56. The van der Waals surface area contributed by atoms with Crippen LogP contribution >= 0.6 is 11.6 Å². The fraction of sp³-hybridized carbons (Fsp3) is 0.263. The Labute approximate surface area is 154 Å². The summed E-state index contributed by atoms with van der Waals surface area (Å²) in [4.78, 5) is 1.42. The van der Waals surface area contributed by atoms with Gasteiger partial charge in [-0.1, -0.05) is 54.1 Å². The molecular formula is C19H22ClN2O2S+. The van der Waals surface area contributed by atoms with Crippen LogP contribution in [0.4, 0.5) is 0 Å². The zero-order chi connectivity index (χ0) is 17.7. The highest BCUT2D eigenvalue weighted by molar-refractivity contribution is 7.92. The summed E-state index contributed by atoms with van der Waals surface area (Å²) >= 11 is 5.84. The third-order valence-electron chi connectivity index (χ3n) is 4.39. The summed E-state index contributed by atoms with van der Waals surface area (Å²) in [5.41, 5.74) is 2.11. The molecule has 0 amide bonds. The van der Waals surface area contributed by atoms with Gasteiger partial charge >= 0.3 is 0 Å². The Hall–Kier alpha value is -1.66. The first-order valence-electron chi connectivity index (χ1n) is 8.34. The number of nitrogens with zero attached hydrogens (tertiary/aromatic N) is 1. The van der Waals surface area contributed by atoms with Crippen molar-refractivity contribution in [3.8, 4) is 0 Å². The van der Waals surface area contributed by atoms with Gasteiger partial charge in [0.05, 0.1) is 26.2 Å². The van der Waals surface area contributed by atoms with Crippen LogP contribution < -0.4 is 4.90 Å². The third-order valence-corrected chi connectivity index (χ3v) is 6.21. The molecule has 0 bridgehead atoms. The van der Waals surface area contributed by atoms with Crippen LogP contribution in [0.3, 0.4) is 0 Å². The van der Waals surface area contributed by atoms with Crippen LogP contribution in [-0.2, 0) is 16.6 Å². The molecule has 0 spiro atoms. The Morgan fingerprint density at radius 3 is 2.28 bits per heavy atom. The van der Waals surface area contributed by atoms with E-state index in [9.17, 15) is 8.42 Å². The summed E-state index contributed by atoms with van der Waals surface area (Å²) in [6.45, 7) is 3.69. The molecule has 2 aromatic rings. The zero-order valence-electron chi connectivity index (χ0n) is 13.9. The van der Waals surface area contributed by atoms with E-state index in [1.807, 2.05) is 18.2 Å². The standard InChI is InChI=1S/C19H21ClN2O2S/c20-19-8-6-17(7-9-19)10-15-25(23,24)22-13-11-21(12-14-22)16-18-4-2-1-3-5-18/h1-10,15H,11-14,16H2/p+1/b15-10+. The normalized spacial score (nSPS) is 17.2. The number of quaternary nitrogens is 1. The van der Waals surface area contributed by atoms with Crippen molar-refractivity contribution in [2.24, 2.45) is 0 Å². The van der Waals surface area contributed by atoms with Gasteiger partial charge in [-0.15, -0.1) is 0 Å². The van der Waals surface area contributed by atoms with Gasteiger partial charge in [0.15, 0.2) is 0 Å². The molecule has 1 saturated heterocycles. The molecule has 132 valence electrons. The van der Waals surface area contributed by atoms with Crippen LogP contribution in [0.1, 0.15) is 11.1 Å². The van der Waals surface area contributed by atoms with E-state index in [0.717, 1.165) is 25.2 Å². The van der Waals surface area contributed by atoms with Crippen LogP contribution in [0.2, 0.25) is 5.02 Å². The van der Waals surface area contributed by atoms with E-state index in [0.29, 0.717) is 18.1 Å². The van der Waals surface area contributed by atoms with Crippen LogP contribution in [0, 0.1) is 0 Å². The summed E-state index contributed by atoms with van der Waals surface area (Å²) in [7, 11) is -3.38. The summed E-state index contributed by atoms with van der Waals surface area (Å²) in [6.07, 6.45) is 1.62. The minimum absolute atomic E-state index is 0.551. The number of piperazine rings is 1. The van der Waals surface area contributed by atoms with E-state index in [1.54, 1.807) is 34.6 Å². The van der Waals surface area contributed by atoms with Gasteiger partial charge in [0.1, 0.15) is 6.54 Å². The van der Waals surface area contributed by atoms with Crippen molar-refractivity contribution >= 4 is 27.7 Å². The highest BCUT2D eigenvalue weighted by atomic mass is 35.5. The molecule has 0 saturated carbocycles. The van der Waals surface area contributed by atoms with Crippen LogP contribution in [0.15, 0.2) is 60.0 Å². The van der Waals surface area contributed by atoms with Crippen LogP contribution in [0.5, 0.6) is 0 Å². The van der Waals surface area contributed by atoms with Gasteiger partial charge in [-0.3, -0.25) is 0 Å². The summed E-state index contributed by atoms with van der Waals surface area (Å²) in [5, 5.41) is 1.93. The van der Waals surface area contributed by atoms with Crippen molar-refractivity contribution in [1.29, 1.82) is 0 Å². The van der Waals surface area contributed by atoms with E-state index in [-0.39, 0.29) is 0 Å². The van der Waals surface area contributed by atoms with Gasteiger partial charge in [-0.05, 0) is 23.8 Å². The van der Waals surface area contributed by atoms with Crippen LogP contribution in [0.25, 0.3) is 6.08 Å². The SMILES string of the molecule is O=S(=O)(/C=C/c1ccc(Cl)cc1)N1CC[NH+](Cc2ccccc2)CC1. The number of hydrogen-bond acceptors (Lipinski definition) is 2. The highest BCUT2D eigenvalue weighted by Gasteiger charge is 2.27. The molecular weight excluding hydrogens is 356 g/mol. The van der Waals surface area contributed by atoms with Gasteiger partial charge in [-0.25, -0.2) is 8.42 Å². The molecule has 2 aromatic carbocycles. The number of sulfonamides is 1. The van der Waals surface area contributed by atoms with E-state index in [1.165, 1.54) is 15.9 Å². The molecule has 1 aliphatic rings. The second-order valence-corrected chi connectivity index (χ2v) is 8.47. The Kier molecular flexibility index (Phi) is 5.91. The van der Waals surface area contributed by atoms with Crippen molar-refractivity contribution in [3.63, 3.8) is 0 Å². The fourth-order valence-corrected chi connectivity index (χ4v) is 4.26. The van der Waals surface area contributed by atoms with Crippen molar-refractivity contribution in [1.82, 2.24) is 4.31 Å². The second kappa shape index (κ2) is 8.15. The number of halogens is 1. The molecule has 3 rings (SSSR count). The Morgan fingerprint density at radius 2 is 1.64 bits per heavy atom. The van der Waals surface area contributed by atoms with Gasteiger partial charge in [-0.2, -0.15) is 4.31 Å². The van der Waals surface area contributed by atoms with Gasteiger partial charge in [0.2, 0.25) is 10.0 Å². The van der Waals surface area contributed by atoms with Gasteiger partial charge < -0.3 is 4.90 Å². The highest BCUT2D eigenvalue weighted by Crippen LogP contribution is 2.12. The molecule has 1 N–H and O–H groups in total. The lowest BCUT2D eigenvalue weighted by molar-refractivity contribution is -0.917. The summed E-state index contributed by atoms with van der Waals surface area (Å²) < 4.78 is 26.6. The third kappa shape index (κ3) is 5.16. The number of benzene rings is 2. The Bertz CT molecular complexity index is 812. The maximum Gasteiger partial charge on any atom is 0.236 e. The fourth-order valence-electron chi connectivity index (χ4n) is 2.94. The molecule has 4 nitrogen and oxygen atoms in total. The van der Waals surface area contributed by atoms with Crippen molar-refractivity contribution < 1.29 is 13.3 Å². The molecule has 0 aromatic heterocycles. The first kappa shape index (κ1) is 18.1. The van der Waals surface area contributed by atoms with Gasteiger partial charge in [0, 0.05) is 16.0 Å². The smallest absolute Gasteiger partial charge is 0.236 e. The van der Waals surface area contributed by atoms with Crippen molar-refractivity contribution in [2.75, 3.05) is 26.2 Å². The lowest BCUT2D eigenvalue weighted by Crippen LogP contribution is -3.13. The molecule has 1 fully saturated rings. The first-order valence-corrected chi connectivity index (χ1v) is 10.2. The first-order chi connectivity index (χ1) is 12.0. The molecule has 0 aliphatic carbocycles. The quantitative estimate of drug-likeness (QED) is 0.866. The number of rotatable bonds is 5. The van der Waals surface area contributed by atoms with E-state index < -0.39 is 10.0 Å². The Morgan fingerprint density at radius 1 is 1.00 bits per heavy atom. The molecule has 6 heteroatoms. The monoisotopic (exact) mass is 377 g/mol. The average Bonchev–Trinajstić information content (AvgIpc) is 2.63. The predicted octanol–water partition coefficient (Wildman–Crippen LogP) is 2.04. The van der Waals surface area contributed by atoms with E-state index in [4.69, 9.17) is 11.6 Å². The minimum Gasteiger partial charge on any atom is -0.329 e. The average molecular weight is 378 g/mol. The number of hydrogen-bond donors (Lipinski definition) is 1. The molecule has 1 heterocycles. The summed E-state index contributed by atoms with van der Waals surface area (Å²) in [6, 6.07) is 17.4. The molecule has 0 radical (unpaired) electrons. The lowest BCUT2D eigenvalue weighted by atomic mass is 10.2. The maximum absolute atomic E-state index is 12.5. The van der Waals surface area contributed by atoms with Crippen molar-refractivity contribution in [3.05, 3.63) is 76.2 Å². The molecule has 0 unspecified atom stereocenters. The number of nitrogens with one attached hydrogen (secondary N) is 1. The van der Waals surface area contributed by atoms with Crippen molar-refractivity contribution in [2.45, 2.75) is 6.54 Å². The lowest BCUT2D eigenvalue weighted by Gasteiger charge is -2.30. The molecule has 0 atom stereocenters. The summed E-state index contributed by atoms with van der Waals surface area (Å²) in [5.74, 6) is 0. The second-order valence-electron chi connectivity index (χ2n) is 6.21. The van der Waals surface area contributed by atoms with Crippen LogP contribution in [-0.4, -0.2) is 38.9 Å². The maximum atomic E-state index is 12.5. The predicted molar refractivity (Wildman–Crippen MR) is 102 cm³/mol. The zero-order valence-corrected chi connectivity index (χ0v) is 15.5. The molecule has 1 aliphatic heterocycles. The van der Waals surface area contributed by atoms with E-state index in [2.05, 4.69) is 12.1 Å².